The van der Waals surface area contributed by atoms with Crippen LogP contribution in [0.15, 0.2) is 54.6 Å². The summed E-state index contributed by atoms with van der Waals surface area (Å²) in [6.07, 6.45) is 0. The van der Waals surface area contributed by atoms with Gasteiger partial charge in [-0.2, -0.15) is 0 Å². The molecule has 9 heteroatoms. The zero-order valence-electron chi connectivity index (χ0n) is 17.7. The Morgan fingerprint density at radius 1 is 0.970 bits per heavy atom. The molecule has 1 aromatic heterocycles. The van der Waals surface area contributed by atoms with E-state index in [1.54, 1.807) is 42.5 Å². The van der Waals surface area contributed by atoms with Crippen LogP contribution < -0.4 is 25.8 Å². The van der Waals surface area contributed by atoms with Crippen molar-refractivity contribution in [1.82, 2.24) is 4.98 Å². The van der Waals surface area contributed by atoms with Gasteiger partial charge in [0.2, 0.25) is 0 Å². The summed E-state index contributed by atoms with van der Waals surface area (Å²) in [7, 11) is 0. The SMILES string of the molecule is Cc1ccc(NC(=O)c2ccc3c(c2)OCCO3)cc1NC(=O)c1cccc2nc(N)sc12. The average Bonchev–Trinajstić information content (AvgIpc) is 3.21. The molecule has 33 heavy (non-hydrogen) atoms. The maximum absolute atomic E-state index is 13.0. The van der Waals surface area contributed by atoms with E-state index in [2.05, 4.69) is 15.6 Å². The summed E-state index contributed by atoms with van der Waals surface area (Å²) in [5, 5.41) is 6.21. The summed E-state index contributed by atoms with van der Waals surface area (Å²) >= 11 is 1.27. The zero-order valence-corrected chi connectivity index (χ0v) is 18.5. The quantitative estimate of drug-likeness (QED) is 0.414. The maximum Gasteiger partial charge on any atom is 0.257 e. The summed E-state index contributed by atoms with van der Waals surface area (Å²) in [5.41, 5.74) is 9.43. The van der Waals surface area contributed by atoms with Crippen LogP contribution in [0, 0.1) is 6.92 Å². The fourth-order valence-electron chi connectivity index (χ4n) is 3.56. The first-order chi connectivity index (χ1) is 16.0. The molecular formula is C24H20N4O4S. The number of nitrogens with one attached hydrogen (secondary N) is 2. The molecular weight excluding hydrogens is 440 g/mol. The van der Waals surface area contributed by atoms with Crippen LogP contribution in [0.5, 0.6) is 11.5 Å². The molecule has 8 nitrogen and oxygen atoms in total. The summed E-state index contributed by atoms with van der Waals surface area (Å²) in [4.78, 5) is 30.0. The number of anilines is 3. The Kier molecular flexibility index (Phi) is 5.31. The van der Waals surface area contributed by atoms with Crippen molar-refractivity contribution in [2.75, 3.05) is 29.6 Å². The topological polar surface area (TPSA) is 116 Å². The molecule has 3 aromatic carbocycles. The Labute approximate surface area is 193 Å². The van der Waals surface area contributed by atoms with Crippen molar-refractivity contribution >= 4 is 49.9 Å². The Bertz CT molecular complexity index is 1400. The fourth-order valence-corrected chi connectivity index (χ4v) is 4.40. The van der Waals surface area contributed by atoms with Crippen molar-refractivity contribution < 1.29 is 19.1 Å². The molecule has 0 unspecified atom stereocenters. The van der Waals surface area contributed by atoms with Crippen LogP contribution in [0.25, 0.3) is 10.2 Å². The van der Waals surface area contributed by atoms with E-state index < -0.39 is 0 Å². The molecule has 0 saturated carbocycles. The number of ether oxygens (including phenoxy) is 2. The highest BCUT2D eigenvalue weighted by Crippen LogP contribution is 2.32. The van der Waals surface area contributed by atoms with Crippen LogP contribution in [-0.2, 0) is 0 Å². The number of hydrogen-bond acceptors (Lipinski definition) is 7. The van der Waals surface area contributed by atoms with E-state index in [9.17, 15) is 9.59 Å². The lowest BCUT2D eigenvalue weighted by Gasteiger charge is -2.18. The Hall–Kier alpha value is -4.11. The van der Waals surface area contributed by atoms with Gasteiger partial charge in [-0.25, -0.2) is 4.98 Å². The van der Waals surface area contributed by atoms with Gasteiger partial charge in [-0.05, 0) is 55.0 Å². The normalized spacial score (nSPS) is 12.4. The van der Waals surface area contributed by atoms with E-state index >= 15 is 0 Å². The number of amides is 2. The molecule has 0 atom stereocenters. The van der Waals surface area contributed by atoms with Crippen LogP contribution >= 0.6 is 11.3 Å². The average molecular weight is 461 g/mol. The highest BCUT2D eigenvalue weighted by molar-refractivity contribution is 7.22. The predicted molar refractivity (Wildman–Crippen MR) is 129 cm³/mol. The van der Waals surface area contributed by atoms with Crippen molar-refractivity contribution in [2.45, 2.75) is 6.92 Å². The number of rotatable bonds is 4. The van der Waals surface area contributed by atoms with Crippen molar-refractivity contribution in [3.8, 4) is 11.5 Å². The first-order valence-corrected chi connectivity index (χ1v) is 11.1. The number of aromatic nitrogens is 1. The van der Waals surface area contributed by atoms with Gasteiger partial charge in [-0.3, -0.25) is 9.59 Å². The number of nitrogen functional groups attached to an aromatic ring is 1. The Morgan fingerprint density at radius 3 is 2.64 bits per heavy atom. The van der Waals surface area contributed by atoms with Crippen LogP contribution in [0.2, 0.25) is 0 Å². The second kappa shape index (κ2) is 8.44. The van der Waals surface area contributed by atoms with E-state index in [0.29, 0.717) is 57.9 Å². The Balaban J connectivity index is 1.36. The number of hydrogen-bond donors (Lipinski definition) is 3. The van der Waals surface area contributed by atoms with Crippen molar-refractivity contribution in [2.24, 2.45) is 0 Å². The molecule has 4 aromatic rings. The Morgan fingerprint density at radius 2 is 1.79 bits per heavy atom. The minimum atomic E-state index is -0.294. The highest BCUT2D eigenvalue weighted by Gasteiger charge is 2.17. The van der Waals surface area contributed by atoms with Gasteiger partial charge in [-0.1, -0.05) is 23.5 Å². The lowest BCUT2D eigenvalue weighted by Crippen LogP contribution is -2.17. The van der Waals surface area contributed by atoms with E-state index in [1.165, 1.54) is 11.3 Å². The molecule has 2 amide bonds. The molecule has 4 N–H and O–H groups in total. The van der Waals surface area contributed by atoms with Crippen molar-refractivity contribution in [1.29, 1.82) is 0 Å². The highest BCUT2D eigenvalue weighted by atomic mass is 32.1. The minimum absolute atomic E-state index is 0.275. The summed E-state index contributed by atoms with van der Waals surface area (Å²) in [6, 6.07) is 15.7. The predicted octanol–water partition coefficient (Wildman–Crippen LogP) is 4.46. The lowest BCUT2D eigenvalue weighted by molar-refractivity contribution is 0.101. The van der Waals surface area contributed by atoms with Gasteiger partial charge in [-0.15, -0.1) is 0 Å². The van der Waals surface area contributed by atoms with E-state index in [4.69, 9.17) is 15.2 Å². The second-order valence-electron chi connectivity index (χ2n) is 7.50. The first-order valence-electron chi connectivity index (χ1n) is 10.3. The van der Waals surface area contributed by atoms with Gasteiger partial charge < -0.3 is 25.8 Å². The third-order valence-electron chi connectivity index (χ3n) is 5.22. The monoisotopic (exact) mass is 460 g/mol. The van der Waals surface area contributed by atoms with Crippen LogP contribution in [0.1, 0.15) is 26.3 Å². The third kappa shape index (κ3) is 4.18. The van der Waals surface area contributed by atoms with Crippen LogP contribution in [0.3, 0.4) is 0 Å². The first kappa shape index (κ1) is 20.8. The maximum atomic E-state index is 13.0. The summed E-state index contributed by atoms with van der Waals surface area (Å²) in [6.45, 7) is 2.82. The van der Waals surface area contributed by atoms with Gasteiger partial charge in [0.1, 0.15) is 13.2 Å². The number of nitrogens with two attached hydrogens (primary N) is 1. The molecule has 0 aliphatic carbocycles. The standard InChI is InChI=1S/C24H20N4O4S/c1-13-5-7-15(26-22(29)14-6-8-19-20(11-14)32-10-9-31-19)12-18(13)27-23(30)16-3-2-4-17-21(16)33-24(25)28-17/h2-8,11-12H,9-10H2,1H3,(H2,25,28)(H,26,29)(H,27,30). The van der Waals surface area contributed by atoms with E-state index in [1.807, 2.05) is 19.1 Å². The smallest absolute Gasteiger partial charge is 0.257 e. The molecule has 5 rings (SSSR count). The number of thiazole rings is 1. The van der Waals surface area contributed by atoms with E-state index in [-0.39, 0.29) is 11.8 Å². The summed E-state index contributed by atoms with van der Waals surface area (Å²) < 4.78 is 11.8. The number of fused-ring (bicyclic) bond motifs is 2. The molecule has 0 bridgehead atoms. The second-order valence-corrected chi connectivity index (χ2v) is 8.53. The van der Waals surface area contributed by atoms with Crippen LogP contribution in [-0.4, -0.2) is 30.0 Å². The van der Waals surface area contributed by atoms with Gasteiger partial charge in [0.15, 0.2) is 16.6 Å². The number of carbonyl (C=O) groups excluding carboxylic acids is 2. The van der Waals surface area contributed by atoms with Crippen molar-refractivity contribution in [3.63, 3.8) is 0 Å². The van der Waals surface area contributed by atoms with Crippen LogP contribution in [0.4, 0.5) is 16.5 Å². The van der Waals surface area contributed by atoms with Gasteiger partial charge >= 0.3 is 0 Å². The van der Waals surface area contributed by atoms with Gasteiger partial charge in [0, 0.05) is 16.9 Å². The number of aryl methyl sites for hydroxylation is 1. The molecule has 0 radical (unpaired) electrons. The number of benzene rings is 3. The number of nitrogens with zero attached hydrogens (tertiary/aromatic N) is 1. The van der Waals surface area contributed by atoms with Crippen molar-refractivity contribution in [3.05, 3.63) is 71.3 Å². The largest absolute Gasteiger partial charge is 0.486 e. The molecule has 166 valence electrons. The molecule has 1 aliphatic rings. The number of carbonyl (C=O) groups is 2. The van der Waals surface area contributed by atoms with Gasteiger partial charge in [0.25, 0.3) is 11.8 Å². The molecule has 0 saturated heterocycles. The lowest BCUT2D eigenvalue weighted by atomic mass is 10.1. The summed E-state index contributed by atoms with van der Waals surface area (Å²) in [5.74, 6) is 0.597. The molecule has 1 aliphatic heterocycles. The third-order valence-corrected chi connectivity index (χ3v) is 6.16. The zero-order chi connectivity index (χ0) is 22.9. The molecule has 0 fully saturated rings. The fraction of sp³-hybridized carbons (Fsp3) is 0.125. The minimum Gasteiger partial charge on any atom is -0.486 e. The molecule has 2 heterocycles. The van der Waals surface area contributed by atoms with E-state index in [0.717, 1.165) is 10.3 Å². The van der Waals surface area contributed by atoms with Gasteiger partial charge in [0.05, 0.1) is 15.8 Å². The molecule has 0 spiro atoms.